The molecule has 2 aromatic carbocycles. The molecule has 0 spiro atoms. The van der Waals surface area contributed by atoms with Gasteiger partial charge in [0.25, 0.3) is 0 Å². The lowest BCUT2D eigenvalue weighted by atomic mass is 9.96. The third kappa shape index (κ3) is 6.28. The molecule has 8 heteroatoms. The Balaban J connectivity index is 1.10. The van der Waals surface area contributed by atoms with E-state index in [0.717, 1.165) is 49.1 Å². The Bertz CT molecular complexity index is 1110. The summed E-state index contributed by atoms with van der Waals surface area (Å²) in [5, 5.41) is 7.45. The highest BCUT2D eigenvalue weighted by Gasteiger charge is 2.31. The van der Waals surface area contributed by atoms with Crippen molar-refractivity contribution in [3.05, 3.63) is 101 Å². The molecule has 3 unspecified atom stereocenters. The second kappa shape index (κ2) is 12.2. The second-order valence-corrected chi connectivity index (χ2v) is 10.8. The van der Waals surface area contributed by atoms with E-state index in [1.165, 1.54) is 11.1 Å². The van der Waals surface area contributed by atoms with Crippen LogP contribution in [0.3, 0.4) is 0 Å². The molecule has 3 atom stereocenters. The molecule has 5 rings (SSSR count). The van der Waals surface area contributed by atoms with E-state index in [4.69, 9.17) is 11.6 Å². The van der Waals surface area contributed by atoms with Crippen LogP contribution in [-0.2, 0) is 4.79 Å². The molecule has 0 bridgehead atoms. The first-order chi connectivity index (χ1) is 17.7. The van der Waals surface area contributed by atoms with Gasteiger partial charge in [0.2, 0.25) is 5.91 Å². The summed E-state index contributed by atoms with van der Waals surface area (Å²) < 4.78 is 0. The van der Waals surface area contributed by atoms with Gasteiger partial charge in [-0.3, -0.25) is 24.9 Å². The standard InChI is InChI=1S/C28H32ClN5OS/c29-24-10-8-22(9-11-24)26(21-5-2-1-3-6-21)34-17-15-33(16-18-34)14-13-31-27(35)25-20-36-28(32-25)23-7-4-12-30-19-23/h1-12,19,25-26,28,32H,13-18,20H2,(H,31,35). The van der Waals surface area contributed by atoms with E-state index in [1.54, 1.807) is 18.0 Å². The molecule has 188 valence electrons. The number of carbonyl (C=O) groups is 1. The minimum atomic E-state index is -0.164. The van der Waals surface area contributed by atoms with E-state index in [9.17, 15) is 4.79 Å². The molecular formula is C28H32ClN5OS. The Morgan fingerprint density at radius 3 is 2.50 bits per heavy atom. The fourth-order valence-electron chi connectivity index (χ4n) is 4.95. The van der Waals surface area contributed by atoms with Gasteiger partial charge in [0.05, 0.1) is 17.5 Å². The molecule has 1 amide bonds. The number of hydrogen-bond donors (Lipinski definition) is 2. The molecule has 2 fully saturated rings. The number of pyridine rings is 1. The average Bonchev–Trinajstić information content (AvgIpc) is 3.43. The van der Waals surface area contributed by atoms with Crippen LogP contribution < -0.4 is 10.6 Å². The van der Waals surface area contributed by atoms with E-state index in [1.807, 2.05) is 30.5 Å². The first-order valence-electron chi connectivity index (χ1n) is 12.5. The average molecular weight is 522 g/mol. The Morgan fingerprint density at radius 2 is 1.78 bits per heavy atom. The Hall–Kier alpha value is -2.42. The Morgan fingerprint density at radius 1 is 1.03 bits per heavy atom. The third-order valence-corrected chi connectivity index (χ3v) is 8.41. The summed E-state index contributed by atoms with van der Waals surface area (Å²) >= 11 is 7.91. The lowest BCUT2D eigenvalue weighted by molar-refractivity contribution is -0.122. The fourth-order valence-corrected chi connectivity index (χ4v) is 6.30. The molecule has 2 aliphatic rings. The largest absolute Gasteiger partial charge is 0.353 e. The summed E-state index contributed by atoms with van der Waals surface area (Å²) in [6, 6.07) is 22.9. The lowest BCUT2D eigenvalue weighted by Gasteiger charge is -2.40. The van der Waals surface area contributed by atoms with Gasteiger partial charge in [-0.15, -0.1) is 11.8 Å². The molecule has 1 aromatic heterocycles. The third-order valence-electron chi connectivity index (χ3n) is 6.89. The smallest absolute Gasteiger partial charge is 0.238 e. The van der Waals surface area contributed by atoms with E-state index < -0.39 is 0 Å². The van der Waals surface area contributed by atoms with Gasteiger partial charge in [-0.25, -0.2) is 0 Å². The van der Waals surface area contributed by atoms with Gasteiger partial charge < -0.3 is 5.32 Å². The van der Waals surface area contributed by atoms with Crippen LogP contribution in [0.2, 0.25) is 5.02 Å². The van der Waals surface area contributed by atoms with Crippen LogP contribution in [0.25, 0.3) is 0 Å². The van der Waals surface area contributed by atoms with Crippen LogP contribution in [0.5, 0.6) is 0 Å². The number of hydrogen-bond acceptors (Lipinski definition) is 6. The monoisotopic (exact) mass is 521 g/mol. The molecular weight excluding hydrogens is 490 g/mol. The molecule has 36 heavy (non-hydrogen) atoms. The first kappa shape index (κ1) is 25.2. The number of benzene rings is 2. The molecule has 0 radical (unpaired) electrons. The van der Waals surface area contributed by atoms with Crippen molar-refractivity contribution in [1.29, 1.82) is 0 Å². The van der Waals surface area contributed by atoms with Crippen LogP contribution in [0.1, 0.15) is 28.1 Å². The van der Waals surface area contributed by atoms with E-state index in [-0.39, 0.29) is 23.4 Å². The number of nitrogens with one attached hydrogen (secondary N) is 2. The maximum absolute atomic E-state index is 12.7. The van der Waals surface area contributed by atoms with Crippen LogP contribution >= 0.6 is 23.4 Å². The molecule has 2 saturated heterocycles. The zero-order valence-corrected chi connectivity index (χ0v) is 21.8. The van der Waals surface area contributed by atoms with Crippen molar-refractivity contribution >= 4 is 29.3 Å². The fraction of sp³-hybridized carbons (Fsp3) is 0.357. The number of carbonyl (C=O) groups excluding carboxylic acids is 1. The highest BCUT2D eigenvalue weighted by Crippen LogP contribution is 2.32. The van der Waals surface area contributed by atoms with Crippen molar-refractivity contribution in [2.45, 2.75) is 17.5 Å². The van der Waals surface area contributed by atoms with Crippen LogP contribution in [0.4, 0.5) is 0 Å². The minimum absolute atomic E-state index is 0.0828. The molecule has 6 nitrogen and oxygen atoms in total. The van der Waals surface area contributed by atoms with Crippen molar-refractivity contribution < 1.29 is 4.79 Å². The van der Waals surface area contributed by atoms with Gasteiger partial charge in [0.1, 0.15) is 0 Å². The zero-order chi connectivity index (χ0) is 24.7. The van der Waals surface area contributed by atoms with Gasteiger partial charge >= 0.3 is 0 Å². The summed E-state index contributed by atoms with van der Waals surface area (Å²) in [6.07, 6.45) is 3.63. The normalized spacial score (nSPS) is 21.8. The number of halogens is 1. The van der Waals surface area contributed by atoms with Gasteiger partial charge in [0, 0.05) is 62.4 Å². The summed E-state index contributed by atoms with van der Waals surface area (Å²) in [7, 11) is 0. The Kier molecular flexibility index (Phi) is 8.56. The van der Waals surface area contributed by atoms with Gasteiger partial charge in [-0.05, 0) is 34.9 Å². The highest BCUT2D eigenvalue weighted by molar-refractivity contribution is 7.99. The summed E-state index contributed by atoms with van der Waals surface area (Å²) in [6.45, 7) is 5.44. The van der Waals surface area contributed by atoms with Crippen molar-refractivity contribution in [1.82, 2.24) is 25.4 Å². The number of amides is 1. The van der Waals surface area contributed by atoms with Crippen LogP contribution in [0, 0.1) is 0 Å². The van der Waals surface area contributed by atoms with Gasteiger partial charge in [0.15, 0.2) is 0 Å². The highest BCUT2D eigenvalue weighted by atomic mass is 35.5. The van der Waals surface area contributed by atoms with E-state index in [0.29, 0.717) is 6.54 Å². The number of rotatable bonds is 8. The van der Waals surface area contributed by atoms with Crippen LogP contribution in [0.15, 0.2) is 79.1 Å². The lowest BCUT2D eigenvalue weighted by Crippen LogP contribution is -2.50. The number of aromatic nitrogens is 1. The molecule has 2 N–H and O–H groups in total. The molecule has 3 heterocycles. The summed E-state index contributed by atoms with van der Waals surface area (Å²) in [5.74, 6) is 0.856. The molecule has 3 aromatic rings. The van der Waals surface area contributed by atoms with E-state index in [2.05, 4.69) is 67.9 Å². The SMILES string of the molecule is O=C(NCCN1CCN(C(c2ccccc2)c2ccc(Cl)cc2)CC1)C1CSC(c2cccnc2)N1. The molecule has 0 aliphatic carbocycles. The van der Waals surface area contributed by atoms with Crippen molar-refractivity contribution in [3.63, 3.8) is 0 Å². The minimum Gasteiger partial charge on any atom is -0.353 e. The summed E-state index contributed by atoms with van der Waals surface area (Å²) in [4.78, 5) is 21.9. The van der Waals surface area contributed by atoms with Crippen molar-refractivity contribution in [2.75, 3.05) is 45.0 Å². The Labute approximate surface area is 222 Å². The van der Waals surface area contributed by atoms with Gasteiger partial charge in [-0.1, -0.05) is 60.1 Å². The van der Waals surface area contributed by atoms with Crippen molar-refractivity contribution in [3.8, 4) is 0 Å². The number of thioether (sulfide) groups is 1. The van der Waals surface area contributed by atoms with Gasteiger partial charge in [-0.2, -0.15) is 0 Å². The number of nitrogens with zero attached hydrogens (tertiary/aromatic N) is 3. The summed E-state index contributed by atoms with van der Waals surface area (Å²) in [5.41, 5.74) is 3.67. The first-order valence-corrected chi connectivity index (χ1v) is 13.9. The maximum atomic E-state index is 12.7. The quantitative estimate of drug-likeness (QED) is 0.468. The predicted octanol–water partition coefficient (Wildman–Crippen LogP) is 3.96. The zero-order valence-electron chi connectivity index (χ0n) is 20.2. The predicted molar refractivity (Wildman–Crippen MR) is 147 cm³/mol. The van der Waals surface area contributed by atoms with E-state index >= 15 is 0 Å². The molecule has 0 saturated carbocycles. The topological polar surface area (TPSA) is 60.5 Å². The maximum Gasteiger partial charge on any atom is 0.238 e. The van der Waals surface area contributed by atoms with Crippen molar-refractivity contribution in [2.24, 2.45) is 0 Å². The number of piperazine rings is 1. The second-order valence-electron chi connectivity index (χ2n) is 9.25. The van der Waals surface area contributed by atoms with Crippen LogP contribution in [-0.4, -0.2) is 71.8 Å². The molecule has 2 aliphatic heterocycles.